The summed E-state index contributed by atoms with van der Waals surface area (Å²) in [5.41, 5.74) is 0. The molecule has 136 valence electrons. The molecule has 2 aliphatic rings. The lowest BCUT2D eigenvalue weighted by Gasteiger charge is -2.48. The lowest BCUT2D eigenvalue weighted by atomic mass is 9.97. The van der Waals surface area contributed by atoms with Crippen LogP contribution in [0.5, 0.6) is 0 Å². The summed E-state index contributed by atoms with van der Waals surface area (Å²) in [6.45, 7) is 6.17. The van der Waals surface area contributed by atoms with Crippen LogP contribution in [0.3, 0.4) is 0 Å². The fraction of sp³-hybridized carbons (Fsp3) is 1.00. The van der Waals surface area contributed by atoms with Gasteiger partial charge in [0.1, 0.15) is 0 Å². The standard InChI is InChI=1S/C16H31F3O2Si2/c1-23(2)15(8-4-6-11-21-15)13-14(7-3-5-10-20-14)22-12-9-16(17,18)19/h23H,3-13,22H2,1-2H3. The topological polar surface area (TPSA) is 18.5 Å². The first kappa shape index (κ1) is 19.5. The summed E-state index contributed by atoms with van der Waals surface area (Å²) in [6.07, 6.45) is 2.66. The van der Waals surface area contributed by atoms with Crippen LogP contribution >= 0.6 is 0 Å². The first-order valence-corrected chi connectivity index (χ1v) is 13.7. The van der Waals surface area contributed by atoms with Crippen LogP contribution in [0.15, 0.2) is 0 Å². The van der Waals surface area contributed by atoms with Crippen molar-refractivity contribution in [1.29, 1.82) is 0 Å². The third-order valence-corrected chi connectivity index (χ3v) is 10.8. The van der Waals surface area contributed by atoms with E-state index in [2.05, 4.69) is 13.1 Å². The second-order valence-electron chi connectivity index (χ2n) is 7.66. The lowest BCUT2D eigenvalue weighted by molar-refractivity contribution is -0.131. The highest BCUT2D eigenvalue weighted by Crippen LogP contribution is 2.40. The Kier molecular flexibility index (Phi) is 6.78. The van der Waals surface area contributed by atoms with Crippen LogP contribution in [0.2, 0.25) is 19.1 Å². The second-order valence-corrected chi connectivity index (χ2v) is 13.5. The van der Waals surface area contributed by atoms with Gasteiger partial charge in [0, 0.05) is 19.6 Å². The van der Waals surface area contributed by atoms with Crippen LogP contribution in [0, 0.1) is 0 Å². The molecule has 2 unspecified atom stereocenters. The van der Waals surface area contributed by atoms with Crippen LogP contribution in [-0.2, 0) is 9.47 Å². The van der Waals surface area contributed by atoms with Gasteiger partial charge in [0.25, 0.3) is 0 Å². The Morgan fingerprint density at radius 3 is 2.13 bits per heavy atom. The summed E-state index contributed by atoms with van der Waals surface area (Å²) in [5, 5.41) is -0.307. The summed E-state index contributed by atoms with van der Waals surface area (Å²) < 4.78 is 50.2. The summed E-state index contributed by atoms with van der Waals surface area (Å²) in [7, 11) is -2.01. The highest BCUT2D eigenvalue weighted by Gasteiger charge is 2.46. The number of hydrogen-bond acceptors (Lipinski definition) is 2. The molecular formula is C16H31F3O2Si2. The molecule has 2 saturated heterocycles. The third kappa shape index (κ3) is 5.58. The molecule has 23 heavy (non-hydrogen) atoms. The molecule has 7 heteroatoms. The fourth-order valence-corrected chi connectivity index (χ4v) is 9.08. The van der Waals surface area contributed by atoms with Gasteiger partial charge in [-0.3, -0.25) is 0 Å². The zero-order valence-electron chi connectivity index (χ0n) is 14.5. The Balaban J connectivity index is 2.07. The van der Waals surface area contributed by atoms with Gasteiger partial charge in [0.05, 0.1) is 28.8 Å². The Bertz CT molecular complexity index is 363. The van der Waals surface area contributed by atoms with Crippen LogP contribution in [0.4, 0.5) is 13.2 Å². The highest BCUT2D eigenvalue weighted by molar-refractivity contribution is 6.59. The van der Waals surface area contributed by atoms with Gasteiger partial charge in [0.2, 0.25) is 0 Å². The van der Waals surface area contributed by atoms with E-state index >= 15 is 0 Å². The van der Waals surface area contributed by atoms with Gasteiger partial charge in [0.15, 0.2) is 0 Å². The van der Waals surface area contributed by atoms with Crippen molar-refractivity contribution >= 4 is 18.3 Å². The van der Waals surface area contributed by atoms with Gasteiger partial charge in [-0.25, -0.2) is 0 Å². The minimum Gasteiger partial charge on any atom is -0.379 e. The van der Waals surface area contributed by atoms with E-state index in [-0.39, 0.29) is 10.4 Å². The Morgan fingerprint density at radius 1 is 1.00 bits per heavy atom. The molecule has 0 spiro atoms. The van der Waals surface area contributed by atoms with Crippen molar-refractivity contribution in [1.82, 2.24) is 0 Å². The number of halogens is 3. The molecule has 2 aliphatic heterocycles. The molecule has 2 heterocycles. The average molecular weight is 369 g/mol. The lowest BCUT2D eigenvalue weighted by Crippen LogP contribution is -2.56. The summed E-state index contributed by atoms with van der Waals surface area (Å²) >= 11 is 0. The van der Waals surface area contributed by atoms with Crippen LogP contribution in [0.25, 0.3) is 0 Å². The molecule has 2 atom stereocenters. The maximum atomic E-state index is 12.6. The molecule has 0 aliphatic carbocycles. The molecule has 0 saturated carbocycles. The van der Waals surface area contributed by atoms with E-state index in [4.69, 9.17) is 9.47 Å². The summed E-state index contributed by atoms with van der Waals surface area (Å²) in [4.78, 5) is 0. The molecule has 0 aromatic carbocycles. The maximum absolute atomic E-state index is 12.6. The molecule has 2 fully saturated rings. The molecular weight excluding hydrogens is 337 g/mol. The average Bonchev–Trinajstić information content (AvgIpc) is 2.47. The van der Waals surface area contributed by atoms with Crippen molar-refractivity contribution in [3.05, 3.63) is 0 Å². The monoisotopic (exact) mass is 368 g/mol. The number of ether oxygens (including phenoxy) is 2. The molecule has 0 bridgehead atoms. The quantitative estimate of drug-likeness (QED) is 0.664. The minimum atomic E-state index is -4.03. The van der Waals surface area contributed by atoms with Gasteiger partial charge in [-0.1, -0.05) is 19.1 Å². The van der Waals surface area contributed by atoms with E-state index in [1.165, 1.54) is 6.42 Å². The zero-order chi connectivity index (χ0) is 17.0. The maximum Gasteiger partial charge on any atom is 0.388 e. The van der Waals surface area contributed by atoms with E-state index in [1.807, 2.05) is 0 Å². The van der Waals surface area contributed by atoms with Crippen molar-refractivity contribution in [3.63, 3.8) is 0 Å². The van der Waals surface area contributed by atoms with Crippen molar-refractivity contribution in [3.8, 4) is 0 Å². The SMILES string of the molecule is C[SiH](C)C1(CC2([SiH2]CCC(F)(F)F)CCCCO2)CCCCO1. The first-order valence-electron chi connectivity index (χ1n) is 9.12. The van der Waals surface area contributed by atoms with Gasteiger partial charge >= 0.3 is 6.18 Å². The Hall–Kier alpha value is 0.144. The molecule has 2 nitrogen and oxygen atoms in total. The van der Waals surface area contributed by atoms with E-state index in [9.17, 15) is 13.2 Å². The Labute approximate surface area is 141 Å². The molecule has 0 amide bonds. The summed E-state index contributed by atoms with van der Waals surface area (Å²) in [5.74, 6) is 0. The Morgan fingerprint density at radius 2 is 1.65 bits per heavy atom. The van der Waals surface area contributed by atoms with E-state index < -0.39 is 30.9 Å². The van der Waals surface area contributed by atoms with Crippen LogP contribution in [-0.4, -0.2) is 48.2 Å². The molecule has 0 aromatic rings. The fourth-order valence-electron chi connectivity index (χ4n) is 4.16. The van der Waals surface area contributed by atoms with E-state index in [0.29, 0.717) is 6.04 Å². The summed E-state index contributed by atoms with van der Waals surface area (Å²) in [6, 6.07) is 0.305. The first-order chi connectivity index (χ1) is 10.8. The highest BCUT2D eigenvalue weighted by atomic mass is 28.3. The van der Waals surface area contributed by atoms with E-state index in [1.54, 1.807) is 0 Å². The third-order valence-electron chi connectivity index (χ3n) is 5.59. The van der Waals surface area contributed by atoms with Crippen molar-refractivity contribution < 1.29 is 22.6 Å². The van der Waals surface area contributed by atoms with E-state index in [0.717, 1.165) is 51.7 Å². The predicted molar refractivity (Wildman–Crippen MR) is 92.6 cm³/mol. The van der Waals surface area contributed by atoms with Crippen molar-refractivity contribution in [2.24, 2.45) is 0 Å². The predicted octanol–water partition coefficient (Wildman–Crippen LogP) is 3.78. The zero-order valence-corrected chi connectivity index (χ0v) is 17.1. The number of hydrogen-bond donors (Lipinski definition) is 0. The van der Waals surface area contributed by atoms with Gasteiger partial charge in [-0.15, -0.1) is 0 Å². The van der Waals surface area contributed by atoms with Crippen molar-refractivity contribution in [2.45, 2.75) is 87.1 Å². The molecule has 0 radical (unpaired) electrons. The molecule has 0 N–H and O–H groups in total. The van der Waals surface area contributed by atoms with Crippen molar-refractivity contribution in [2.75, 3.05) is 13.2 Å². The molecule has 2 rings (SSSR count). The smallest absolute Gasteiger partial charge is 0.379 e. The molecule has 0 aromatic heterocycles. The van der Waals surface area contributed by atoms with Crippen LogP contribution < -0.4 is 0 Å². The van der Waals surface area contributed by atoms with Gasteiger partial charge in [-0.2, -0.15) is 13.2 Å². The number of alkyl halides is 3. The second kappa shape index (κ2) is 8.02. The largest absolute Gasteiger partial charge is 0.388 e. The minimum absolute atomic E-state index is 0.0547. The van der Waals surface area contributed by atoms with Crippen LogP contribution in [0.1, 0.15) is 51.4 Å². The number of rotatable bonds is 6. The van der Waals surface area contributed by atoms with Gasteiger partial charge < -0.3 is 9.47 Å². The normalized spacial score (nSPS) is 33.7. The van der Waals surface area contributed by atoms with Gasteiger partial charge in [-0.05, 0) is 44.9 Å².